The molecule has 0 spiro atoms. The van der Waals surface area contributed by atoms with Crippen molar-refractivity contribution >= 4 is 121 Å². The molecule has 0 fully saturated rings. The number of fused-ring (bicyclic) bond motifs is 8. The van der Waals surface area contributed by atoms with E-state index < -0.39 is 0 Å². The number of para-hydroxylation sites is 6. The second kappa shape index (κ2) is 22.7. The number of hydrogen-bond acceptors (Lipinski definition) is 6. The molecule has 0 N–H and O–H groups in total. The van der Waals surface area contributed by atoms with E-state index in [4.69, 9.17) is 0 Å². The van der Waals surface area contributed by atoms with E-state index in [1.807, 2.05) is 23.5 Å². The fourth-order valence-corrected chi connectivity index (χ4v) is 17.8. The lowest BCUT2D eigenvalue weighted by molar-refractivity contribution is 0.970. The van der Waals surface area contributed by atoms with Crippen molar-refractivity contribution in [3.63, 3.8) is 0 Å². The zero-order valence-electron chi connectivity index (χ0n) is 50.2. The highest BCUT2D eigenvalue weighted by Crippen LogP contribution is 2.56. The molecule has 1 aliphatic carbocycles. The summed E-state index contributed by atoms with van der Waals surface area (Å²) in [4.78, 5) is 14.0. The van der Waals surface area contributed by atoms with E-state index >= 15 is 0 Å². The molecule has 0 amide bonds. The smallest absolute Gasteiger partial charge is 0.249 e. The average Bonchev–Trinajstić information content (AvgIpc) is 0.699. The maximum Gasteiger partial charge on any atom is 0.249 e. The topological polar surface area (TPSA) is 13.0 Å². The van der Waals surface area contributed by atoms with Gasteiger partial charge in [0.05, 0.1) is 11.4 Å². The number of benzene rings is 13. The highest BCUT2D eigenvalue weighted by Gasteiger charge is 2.52. The van der Waals surface area contributed by atoms with E-state index in [0.717, 1.165) is 51.1 Å². The molecule has 4 aliphatic heterocycles. The Morgan fingerprint density at radius 3 is 1.51 bits per heavy atom. The minimum atomic E-state index is -0.0276. The highest BCUT2D eigenvalue weighted by molar-refractivity contribution is 8.00. The van der Waals surface area contributed by atoms with Gasteiger partial charge in [0.1, 0.15) is 0 Å². The van der Waals surface area contributed by atoms with Crippen molar-refractivity contribution < 1.29 is 0 Å². The third-order valence-electron chi connectivity index (χ3n) is 19.1. The van der Waals surface area contributed by atoms with Gasteiger partial charge in [0.25, 0.3) is 0 Å². The molecule has 13 aromatic rings. The first-order valence-electron chi connectivity index (χ1n) is 31.8. The Bertz CT molecular complexity index is 4990. The molecule has 0 bridgehead atoms. The summed E-state index contributed by atoms with van der Waals surface area (Å²) in [5.41, 5.74) is 27.6. The Balaban J connectivity index is 0.892. The van der Waals surface area contributed by atoms with Crippen LogP contribution in [0, 0.1) is 0 Å². The molecule has 18 rings (SSSR count). The van der Waals surface area contributed by atoms with E-state index in [0.29, 0.717) is 0 Å². The monoisotopic (exact) mass is 1210 g/mol. The number of hydrogen-bond donors (Lipinski definition) is 0. The third-order valence-corrected chi connectivity index (χ3v) is 21.5. The van der Waals surface area contributed by atoms with Crippen LogP contribution < -0.4 is 41.5 Å². The molecule has 92 heavy (non-hydrogen) atoms. The summed E-state index contributed by atoms with van der Waals surface area (Å²) < 4.78 is 0. The Hall–Kier alpha value is -10.6. The van der Waals surface area contributed by atoms with Crippen molar-refractivity contribution in [1.29, 1.82) is 0 Å². The number of thioether (sulfide) groups is 1. The minimum absolute atomic E-state index is 0.0276. The lowest BCUT2D eigenvalue weighted by Gasteiger charge is -2.49. The molecule has 2 atom stereocenters. The van der Waals surface area contributed by atoms with E-state index in [1.54, 1.807) is 0 Å². The number of anilines is 11. The predicted molar refractivity (Wildman–Crippen MR) is 392 cm³/mol. The van der Waals surface area contributed by atoms with Gasteiger partial charge in [0.15, 0.2) is 0 Å². The molecule has 5 aliphatic rings. The van der Waals surface area contributed by atoms with Gasteiger partial charge in [0.2, 0.25) is 13.4 Å². The van der Waals surface area contributed by atoms with Gasteiger partial charge < -0.3 is 19.6 Å². The van der Waals surface area contributed by atoms with Crippen molar-refractivity contribution in [3.8, 4) is 33.4 Å². The normalized spacial score (nSPS) is 15.3. The molecule has 13 aromatic carbocycles. The van der Waals surface area contributed by atoms with E-state index in [-0.39, 0.29) is 24.5 Å². The van der Waals surface area contributed by atoms with Crippen LogP contribution in [-0.4, -0.2) is 18.7 Å². The molecule has 0 radical (unpaired) electrons. The molecule has 2 unspecified atom stereocenters. The Labute approximate surface area is 547 Å². The highest BCUT2D eigenvalue weighted by atomic mass is 32.2. The van der Waals surface area contributed by atoms with Gasteiger partial charge in [-0.2, -0.15) is 0 Å². The lowest BCUT2D eigenvalue weighted by Crippen LogP contribution is -2.59. The van der Waals surface area contributed by atoms with Crippen LogP contribution in [0.25, 0.3) is 33.4 Å². The summed E-state index contributed by atoms with van der Waals surface area (Å²) in [6.45, 7) is 0.00365. The summed E-state index contributed by atoms with van der Waals surface area (Å²) in [5.74, 6) is 0.0965. The molecule has 0 saturated carbocycles. The molecular formula is C84H58B2N4S2. The summed E-state index contributed by atoms with van der Waals surface area (Å²) in [6.07, 6.45) is 5.46. The number of rotatable bonds is 11. The van der Waals surface area contributed by atoms with E-state index in [1.165, 1.54) is 92.6 Å². The molecule has 0 saturated heterocycles. The van der Waals surface area contributed by atoms with Crippen LogP contribution in [-0.2, 0) is 0 Å². The van der Waals surface area contributed by atoms with Crippen LogP contribution in [0.15, 0.2) is 366 Å². The Kier molecular flexibility index (Phi) is 13.4. The minimum Gasteiger partial charge on any atom is -0.311 e. The molecule has 0 aromatic heterocycles. The van der Waals surface area contributed by atoms with Crippen LogP contribution in [0.2, 0.25) is 5.82 Å². The van der Waals surface area contributed by atoms with Gasteiger partial charge in [-0.25, -0.2) is 0 Å². The summed E-state index contributed by atoms with van der Waals surface area (Å²) in [6, 6.07) is 121. The average molecular weight is 1210 g/mol. The SMILES string of the molecule is C1=C2B3c4ccccc4Sc4cc(N(c5ccccc5)c5ccccc5)cc(c43)N(c3ccccc3-c3ccccc3)C2=CC2Sc3cc(N(c4ccc(-c5ccccc5)cc4)c4ccccc4-c4ccccc4)cc4c3B(c3ccccc3N4c3ccccc3)C12. The second-order valence-electron chi connectivity index (χ2n) is 24.2. The maximum absolute atomic E-state index is 2.76. The first kappa shape index (κ1) is 54.3. The van der Waals surface area contributed by atoms with Gasteiger partial charge in [-0.05, 0) is 153 Å². The van der Waals surface area contributed by atoms with Crippen molar-refractivity contribution in [1.82, 2.24) is 0 Å². The Morgan fingerprint density at radius 2 is 0.826 bits per heavy atom. The quantitative estimate of drug-likeness (QED) is 0.119. The summed E-state index contributed by atoms with van der Waals surface area (Å²) >= 11 is 3.95. The molecule has 8 heteroatoms. The number of nitrogens with zero attached hydrogens (tertiary/aromatic N) is 4. The van der Waals surface area contributed by atoms with Crippen LogP contribution in [0.3, 0.4) is 0 Å². The first-order chi connectivity index (χ1) is 45.7. The maximum atomic E-state index is 2.76. The zero-order valence-corrected chi connectivity index (χ0v) is 51.9. The zero-order chi connectivity index (χ0) is 60.6. The van der Waals surface area contributed by atoms with Crippen LogP contribution in [0.1, 0.15) is 0 Å². The predicted octanol–water partition coefficient (Wildman–Crippen LogP) is 20.2. The summed E-state index contributed by atoms with van der Waals surface area (Å²) in [7, 11) is 0. The standard InChI is InChI=1S/C84H58B2N4S2/c1-7-27-57(28-8-1)58-47-49-64(50-48-58)88(73-43-23-19-39-67(73)59-29-9-2-10-30-59)66-52-77-83-82(54-66)92-80-56-76-71(55-72(80)85(83)69-41-21-25-45-75(69)89(77)63-37-17-6-18-38-63)86-70-42-22-26-46-79(70)91-81-53-65(87(61-33-13-4-14-34-61)62-35-15-5-16-36-62)51-78(84(81)86)90(76)74-44-24-20-40-68(74)60-31-11-3-12-32-60/h1-56,72,80H. The van der Waals surface area contributed by atoms with E-state index in [9.17, 15) is 0 Å². The fourth-order valence-electron chi connectivity index (χ4n) is 15.2. The van der Waals surface area contributed by atoms with Gasteiger partial charge >= 0.3 is 0 Å². The third kappa shape index (κ3) is 9.11. The van der Waals surface area contributed by atoms with Gasteiger partial charge in [0, 0.05) is 87.9 Å². The first-order valence-corrected chi connectivity index (χ1v) is 33.5. The lowest BCUT2D eigenvalue weighted by atomic mass is 9.28. The van der Waals surface area contributed by atoms with Crippen molar-refractivity contribution in [2.75, 3.05) is 19.6 Å². The molecule has 432 valence electrons. The Morgan fingerprint density at radius 1 is 0.326 bits per heavy atom. The van der Waals surface area contributed by atoms with Crippen molar-refractivity contribution in [2.24, 2.45) is 0 Å². The second-order valence-corrected chi connectivity index (χ2v) is 26.5. The van der Waals surface area contributed by atoms with Crippen molar-refractivity contribution in [2.45, 2.75) is 25.8 Å². The fraction of sp³-hybridized carbons (Fsp3) is 0.0238. The van der Waals surface area contributed by atoms with Crippen molar-refractivity contribution in [3.05, 3.63) is 351 Å². The van der Waals surface area contributed by atoms with Gasteiger partial charge in [-0.3, -0.25) is 0 Å². The molecule has 4 heterocycles. The number of allylic oxidation sites excluding steroid dienone is 2. The van der Waals surface area contributed by atoms with Gasteiger partial charge in [-0.15, -0.1) is 11.8 Å². The molecular weight excluding hydrogens is 1150 g/mol. The largest absolute Gasteiger partial charge is 0.311 e. The van der Waals surface area contributed by atoms with Crippen LogP contribution in [0.5, 0.6) is 0 Å². The summed E-state index contributed by atoms with van der Waals surface area (Å²) in [5, 5.41) is 0.0369. The van der Waals surface area contributed by atoms with Gasteiger partial charge in [-0.1, -0.05) is 254 Å². The molecule has 4 nitrogen and oxygen atoms in total. The van der Waals surface area contributed by atoms with Crippen LogP contribution >= 0.6 is 23.5 Å². The van der Waals surface area contributed by atoms with E-state index in [2.05, 4.69) is 359 Å². The van der Waals surface area contributed by atoms with Crippen LogP contribution in [0.4, 0.5) is 62.6 Å².